The molecule has 0 aromatic rings. The largest absolute Gasteiger partial charge is 0.469 e. The lowest BCUT2D eigenvalue weighted by molar-refractivity contribution is -0.142. The van der Waals surface area contributed by atoms with Gasteiger partial charge in [-0.2, -0.15) is 0 Å². The molecule has 1 unspecified atom stereocenters. The Morgan fingerprint density at radius 2 is 1.88 bits per heavy atom. The van der Waals surface area contributed by atoms with E-state index in [4.69, 9.17) is 4.43 Å². The predicted octanol–water partition coefficient (Wildman–Crippen LogP) is 3.52. The second-order valence-electron chi connectivity index (χ2n) is 5.72. The van der Waals surface area contributed by atoms with Crippen LogP contribution in [0.2, 0.25) is 18.1 Å². The minimum absolute atomic E-state index is 0.142. The highest BCUT2D eigenvalue weighted by Gasteiger charge is 2.39. The van der Waals surface area contributed by atoms with Crippen LogP contribution in [0.15, 0.2) is 12.2 Å². The summed E-state index contributed by atoms with van der Waals surface area (Å²) < 4.78 is 10.9. The van der Waals surface area contributed by atoms with E-state index < -0.39 is 8.32 Å². The van der Waals surface area contributed by atoms with Crippen LogP contribution in [-0.2, 0) is 14.0 Å². The monoisotopic (exact) mass is 258 g/mol. The molecule has 0 rings (SSSR count). The highest BCUT2D eigenvalue weighted by molar-refractivity contribution is 6.74. The normalized spacial score (nSPS) is 15.0. The summed E-state index contributed by atoms with van der Waals surface area (Å²) in [4.78, 5) is 11.3. The van der Waals surface area contributed by atoms with Gasteiger partial charge in [0.15, 0.2) is 8.32 Å². The third-order valence-electron chi connectivity index (χ3n) is 3.25. The summed E-state index contributed by atoms with van der Waals surface area (Å²) in [6, 6.07) is 0. The maximum absolute atomic E-state index is 11.3. The maximum Gasteiger partial charge on any atom is 0.308 e. The van der Waals surface area contributed by atoms with Crippen LogP contribution in [0.1, 0.15) is 34.1 Å². The lowest BCUT2D eigenvalue weighted by atomic mass is 10.2. The minimum Gasteiger partial charge on any atom is -0.469 e. The van der Waals surface area contributed by atoms with Gasteiger partial charge in [0, 0.05) is 0 Å². The molecule has 0 aliphatic rings. The third kappa shape index (κ3) is 5.50. The van der Waals surface area contributed by atoms with E-state index >= 15 is 0 Å². The van der Waals surface area contributed by atoms with E-state index in [0.717, 1.165) is 0 Å². The number of carbonyl (C=O) groups excluding carboxylic acids is 1. The van der Waals surface area contributed by atoms with E-state index in [-0.39, 0.29) is 23.5 Å². The van der Waals surface area contributed by atoms with Gasteiger partial charge in [0.1, 0.15) is 0 Å². The zero-order valence-corrected chi connectivity index (χ0v) is 13.2. The molecule has 0 aliphatic carbocycles. The number of esters is 1. The van der Waals surface area contributed by atoms with Crippen LogP contribution in [0.5, 0.6) is 0 Å². The number of hydrogen-bond acceptors (Lipinski definition) is 3. The first-order valence-electron chi connectivity index (χ1n) is 6.01. The third-order valence-corrected chi connectivity index (χ3v) is 7.76. The summed E-state index contributed by atoms with van der Waals surface area (Å²) >= 11 is 0. The first kappa shape index (κ1) is 16.4. The summed E-state index contributed by atoms with van der Waals surface area (Å²) in [5, 5.41) is 0.142. The molecule has 17 heavy (non-hydrogen) atoms. The van der Waals surface area contributed by atoms with Crippen molar-refractivity contribution < 1.29 is 14.0 Å². The molecule has 0 fully saturated rings. The highest BCUT2D eigenvalue weighted by Crippen LogP contribution is 2.37. The van der Waals surface area contributed by atoms with Gasteiger partial charge in [-0.1, -0.05) is 32.9 Å². The maximum atomic E-state index is 11.3. The van der Waals surface area contributed by atoms with Crippen molar-refractivity contribution in [3.05, 3.63) is 12.2 Å². The SMILES string of the molecule is C/C=C/C(CC(=O)OC)O[Si](C)(C)C(C)(C)C. The lowest BCUT2D eigenvalue weighted by Gasteiger charge is -2.38. The van der Waals surface area contributed by atoms with Crippen molar-refractivity contribution in [3.8, 4) is 0 Å². The molecule has 0 amide bonds. The molecule has 1 atom stereocenters. The van der Waals surface area contributed by atoms with Crippen molar-refractivity contribution in [3.63, 3.8) is 0 Å². The van der Waals surface area contributed by atoms with Gasteiger partial charge in [0.25, 0.3) is 0 Å². The molecule has 0 aromatic carbocycles. The molecule has 0 aliphatic heterocycles. The van der Waals surface area contributed by atoms with E-state index in [1.54, 1.807) is 0 Å². The van der Waals surface area contributed by atoms with Gasteiger partial charge in [-0.3, -0.25) is 4.79 Å². The van der Waals surface area contributed by atoms with Gasteiger partial charge >= 0.3 is 5.97 Å². The summed E-state index contributed by atoms with van der Waals surface area (Å²) in [6.45, 7) is 12.8. The summed E-state index contributed by atoms with van der Waals surface area (Å²) in [5.74, 6) is -0.230. The van der Waals surface area contributed by atoms with Crippen LogP contribution >= 0.6 is 0 Å². The van der Waals surface area contributed by atoms with E-state index in [9.17, 15) is 4.79 Å². The minimum atomic E-state index is -1.84. The molecule has 0 aromatic heterocycles. The topological polar surface area (TPSA) is 35.5 Å². The average molecular weight is 258 g/mol. The molecule has 0 N–H and O–H groups in total. The van der Waals surface area contributed by atoms with Crippen LogP contribution in [0.3, 0.4) is 0 Å². The number of hydrogen-bond donors (Lipinski definition) is 0. The van der Waals surface area contributed by atoms with E-state index in [1.807, 2.05) is 19.1 Å². The first-order chi connectivity index (χ1) is 7.64. The fourth-order valence-corrected chi connectivity index (χ4v) is 2.44. The Bertz CT molecular complexity index is 277. The van der Waals surface area contributed by atoms with Crippen LogP contribution < -0.4 is 0 Å². The van der Waals surface area contributed by atoms with Crippen molar-refractivity contribution in [2.24, 2.45) is 0 Å². The van der Waals surface area contributed by atoms with E-state index in [2.05, 4.69) is 38.6 Å². The van der Waals surface area contributed by atoms with Crippen LogP contribution in [0.4, 0.5) is 0 Å². The molecule has 0 saturated carbocycles. The fourth-order valence-electron chi connectivity index (χ4n) is 1.17. The van der Waals surface area contributed by atoms with Crippen molar-refractivity contribution in [1.29, 1.82) is 0 Å². The molecular weight excluding hydrogens is 232 g/mol. The molecule has 100 valence electrons. The van der Waals surface area contributed by atoms with Gasteiger partial charge in [0.2, 0.25) is 0 Å². The molecule has 0 saturated heterocycles. The zero-order chi connectivity index (χ0) is 13.7. The van der Waals surface area contributed by atoms with Crippen molar-refractivity contribution in [1.82, 2.24) is 0 Å². The molecule has 0 spiro atoms. The van der Waals surface area contributed by atoms with Gasteiger partial charge in [-0.25, -0.2) is 0 Å². The predicted molar refractivity (Wildman–Crippen MR) is 73.5 cm³/mol. The molecule has 4 heteroatoms. The number of carbonyl (C=O) groups is 1. The van der Waals surface area contributed by atoms with E-state index in [1.165, 1.54) is 7.11 Å². The van der Waals surface area contributed by atoms with Crippen LogP contribution in [0, 0.1) is 0 Å². The van der Waals surface area contributed by atoms with Gasteiger partial charge in [-0.05, 0) is 25.1 Å². The highest BCUT2D eigenvalue weighted by atomic mass is 28.4. The second-order valence-corrected chi connectivity index (χ2v) is 10.5. The molecule has 0 bridgehead atoms. The Hall–Kier alpha value is -0.613. The first-order valence-corrected chi connectivity index (χ1v) is 8.92. The Kier molecular flexibility index (Phi) is 6.13. The Balaban J connectivity index is 4.71. The van der Waals surface area contributed by atoms with Crippen molar-refractivity contribution in [2.45, 2.75) is 58.4 Å². The van der Waals surface area contributed by atoms with Gasteiger partial charge < -0.3 is 9.16 Å². The van der Waals surface area contributed by atoms with Gasteiger partial charge in [-0.15, -0.1) is 0 Å². The Morgan fingerprint density at radius 3 is 2.24 bits per heavy atom. The number of allylic oxidation sites excluding steroid dienone is 1. The molecule has 3 nitrogen and oxygen atoms in total. The second kappa shape index (κ2) is 6.35. The standard InChI is InChI=1S/C13H26O3Si/c1-8-9-11(10-12(14)15-5)16-17(6,7)13(2,3)4/h8-9,11H,10H2,1-7H3/b9-8+. The Morgan fingerprint density at radius 1 is 1.35 bits per heavy atom. The number of methoxy groups -OCH3 is 1. The quantitative estimate of drug-likeness (QED) is 0.430. The Labute approximate surface area is 106 Å². The molecular formula is C13H26O3Si. The van der Waals surface area contributed by atoms with Crippen LogP contribution in [-0.4, -0.2) is 27.5 Å². The van der Waals surface area contributed by atoms with Crippen LogP contribution in [0.25, 0.3) is 0 Å². The van der Waals surface area contributed by atoms with E-state index in [0.29, 0.717) is 0 Å². The smallest absolute Gasteiger partial charge is 0.308 e. The molecule has 0 heterocycles. The average Bonchev–Trinajstić information content (AvgIpc) is 2.15. The molecule has 0 radical (unpaired) electrons. The fraction of sp³-hybridized carbons (Fsp3) is 0.769. The summed E-state index contributed by atoms with van der Waals surface area (Å²) in [7, 11) is -0.440. The van der Waals surface area contributed by atoms with Crippen molar-refractivity contribution in [2.75, 3.05) is 7.11 Å². The lowest BCUT2D eigenvalue weighted by Crippen LogP contribution is -2.44. The summed E-state index contributed by atoms with van der Waals surface area (Å²) in [6.07, 6.45) is 3.96. The van der Waals surface area contributed by atoms with Crippen molar-refractivity contribution >= 4 is 14.3 Å². The zero-order valence-electron chi connectivity index (χ0n) is 12.2. The number of rotatable bonds is 5. The summed E-state index contributed by atoms with van der Waals surface area (Å²) in [5.41, 5.74) is 0. The van der Waals surface area contributed by atoms with Gasteiger partial charge in [0.05, 0.1) is 19.6 Å². The number of ether oxygens (including phenoxy) is 1.